The number of likely N-dealkylation sites (N-methyl/N-ethyl adjacent to an activating group) is 1. The molecule has 1 aliphatic heterocycles. The van der Waals surface area contributed by atoms with Gasteiger partial charge >= 0.3 is 5.97 Å². The van der Waals surface area contributed by atoms with Crippen molar-refractivity contribution in [2.24, 2.45) is 5.41 Å². The lowest BCUT2D eigenvalue weighted by Crippen LogP contribution is -2.41. The predicted molar refractivity (Wildman–Crippen MR) is 149 cm³/mol. The minimum atomic E-state index is -1.65. The van der Waals surface area contributed by atoms with Crippen LogP contribution in [0.25, 0.3) is 0 Å². The third-order valence-electron chi connectivity index (χ3n) is 6.29. The van der Waals surface area contributed by atoms with Crippen molar-refractivity contribution in [3.05, 3.63) is 59.9 Å². The highest BCUT2D eigenvalue weighted by atomic mass is 16.6. The SMILES string of the molecule is CC(C)=CCC[C@](C)(/C=C/[C@@H](OC(=O)C=C(C)C)[C@](C)(O)/C=C/C(=O)/C=C/N1CCN(C)CC1)CC=O. The maximum atomic E-state index is 12.5. The van der Waals surface area contributed by atoms with Crippen LogP contribution in [0.1, 0.15) is 60.8 Å². The first-order chi connectivity index (χ1) is 17.3. The molecule has 206 valence electrons. The highest BCUT2D eigenvalue weighted by Gasteiger charge is 2.32. The maximum Gasteiger partial charge on any atom is 0.331 e. The Morgan fingerprint density at radius 1 is 1.00 bits per heavy atom. The summed E-state index contributed by atoms with van der Waals surface area (Å²) in [5.41, 5.74) is -0.165. The van der Waals surface area contributed by atoms with Crippen LogP contribution in [-0.4, -0.2) is 77.9 Å². The number of hydrogen-bond donors (Lipinski definition) is 1. The Morgan fingerprint density at radius 3 is 2.22 bits per heavy atom. The quantitative estimate of drug-likeness (QED) is 0.159. The fourth-order valence-electron chi connectivity index (χ4n) is 3.75. The third kappa shape index (κ3) is 13.4. The van der Waals surface area contributed by atoms with E-state index in [1.807, 2.05) is 26.8 Å². The van der Waals surface area contributed by atoms with Crippen LogP contribution in [0.4, 0.5) is 0 Å². The second kappa shape index (κ2) is 15.5. The molecule has 0 saturated carbocycles. The van der Waals surface area contributed by atoms with Gasteiger partial charge in [-0.05, 0) is 78.2 Å². The molecule has 1 aliphatic rings. The summed E-state index contributed by atoms with van der Waals surface area (Å²) < 4.78 is 5.59. The van der Waals surface area contributed by atoms with E-state index >= 15 is 0 Å². The lowest BCUT2D eigenvalue weighted by atomic mass is 9.81. The summed E-state index contributed by atoms with van der Waals surface area (Å²) in [6.45, 7) is 14.6. The first kappa shape index (κ1) is 32.3. The molecule has 7 heteroatoms. The summed E-state index contributed by atoms with van der Waals surface area (Å²) >= 11 is 0. The topological polar surface area (TPSA) is 87.2 Å². The Labute approximate surface area is 223 Å². The molecule has 0 aliphatic carbocycles. The Hall–Kier alpha value is -2.77. The number of hydrogen-bond acceptors (Lipinski definition) is 7. The number of aliphatic hydroxyl groups is 1. The molecule has 1 heterocycles. The van der Waals surface area contributed by atoms with Gasteiger partial charge < -0.3 is 24.4 Å². The van der Waals surface area contributed by atoms with E-state index in [1.165, 1.54) is 36.8 Å². The van der Waals surface area contributed by atoms with E-state index in [2.05, 4.69) is 22.9 Å². The second-order valence-electron chi connectivity index (χ2n) is 10.9. The number of ketones is 1. The minimum absolute atomic E-state index is 0.273. The number of ether oxygens (including phenoxy) is 1. The van der Waals surface area contributed by atoms with Crippen molar-refractivity contribution in [2.75, 3.05) is 33.2 Å². The molecule has 0 aromatic rings. The molecule has 0 radical (unpaired) electrons. The Kier molecular flexibility index (Phi) is 13.5. The van der Waals surface area contributed by atoms with Gasteiger partial charge in [0.15, 0.2) is 11.9 Å². The van der Waals surface area contributed by atoms with Crippen LogP contribution < -0.4 is 0 Å². The smallest absolute Gasteiger partial charge is 0.331 e. The van der Waals surface area contributed by atoms with Gasteiger partial charge in [-0.25, -0.2) is 4.79 Å². The molecule has 0 aromatic heterocycles. The van der Waals surface area contributed by atoms with Gasteiger partial charge in [-0.15, -0.1) is 0 Å². The molecular formula is C30H46N2O5. The van der Waals surface area contributed by atoms with Gasteiger partial charge in [0, 0.05) is 51.0 Å². The molecule has 0 spiro atoms. The van der Waals surface area contributed by atoms with E-state index < -0.39 is 23.1 Å². The molecule has 0 amide bonds. The molecule has 1 saturated heterocycles. The number of allylic oxidation sites excluding steroid dienone is 6. The van der Waals surface area contributed by atoms with Crippen molar-refractivity contribution < 1.29 is 24.2 Å². The summed E-state index contributed by atoms with van der Waals surface area (Å²) in [5.74, 6) is -0.865. The van der Waals surface area contributed by atoms with E-state index in [0.29, 0.717) is 6.42 Å². The van der Waals surface area contributed by atoms with E-state index in [9.17, 15) is 19.5 Å². The largest absolute Gasteiger partial charge is 0.452 e. The average Bonchev–Trinajstić information content (AvgIpc) is 2.79. The molecule has 0 bridgehead atoms. The van der Waals surface area contributed by atoms with Gasteiger partial charge in [-0.3, -0.25) is 4.79 Å². The summed E-state index contributed by atoms with van der Waals surface area (Å²) in [6, 6.07) is 0. The van der Waals surface area contributed by atoms with Crippen molar-refractivity contribution >= 4 is 18.0 Å². The molecule has 1 N–H and O–H groups in total. The zero-order chi connectivity index (χ0) is 28.1. The number of carbonyl (C=O) groups excluding carboxylic acids is 3. The Bertz CT molecular complexity index is 912. The van der Waals surface area contributed by atoms with Crippen molar-refractivity contribution in [1.29, 1.82) is 0 Å². The molecule has 7 nitrogen and oxygen atoms in total. The molecule has 1 fully saturated rings. The number of esters is 1. The minimum Gasteiger partial charge on any atom is -0.452 e. The maximum absolute atomic E-state index is 12.5. The predicted octanol–water partition coefficient (Wildman–Crippen LogP) is 4.40. The Morgan fingerprint density at radius 2 is 1.65 bits per heavy atom. The first-order valence-corrected chi connectivity index (χ1v) is 12.9. The van der Waals surface area contributed by atoms with Gasteiger partial charge in [0.2, 0.25) is 0 Å². The summed E-state index contributed by atoms with van der Waals surface area (Å²) in [7, 11) is 2.07. The van der Waals surface area contributed by atoms with Crippen molar-refractivity contribution in [3.8, 4) is 0 Å². The number of carbonyl (C=O) groups is 3. The van der Waals surface area contributed by atoms with Crippen LogP contribution in [0, 0.1) is 5.41 Å². The van der Waals surface area contributed by atoms with E-state index in [0.717, 1.165) is 50.9 Å². The van der Waals surface area contributed by atoms with Gasteiger partial charge in [-0.1, -0.05) is 30.2 Å². The van der Waals surface area contributed by atoms with Crippen molar-refractivity contribution in [3.63, 3.8) is 0 Å². The summed E-state index contributed by atoms with van der Waals surface area (Å²) in [5, 5.41) is 11.2. The van der Waals surface area contributed by atoms with Gasteiger partial charge in [0.25, 0.3) is 0 Å². The van der Waals surface area contributed by atoms with Crippen LogP contribution >= 0.6 is 0 Å². The molecule has 37 heavy (non-hydrogen) atoms. The van der Waals surface area contributed by atoms with Crippen molar-refractivity contribution in [1.82, 2.24) is 9.80 Å². The third-order valence-corrected chi connectivity index (χ3v) is 6.29. The number of rotatable bonds is 14. The van der Waals surface area contributed by atoms with Gasteiger partial charge in [0.1, 0.15) is 11.9 Å². The Balaban J connectivity index is 3.09. The first-order valence-electron chi connectivity index (χ1n) is 12.9. The van der Waals surface area contributed by atoms with Crippen molar-refractivity contribution in [2.45, 2.75) is 72.5 Å². The lowest BCUT2D eigenvalue weighted by Gasteiger charge is -2.31. The molecule has 0 aromatic carbocycles. The molecule has 1 rings (SSSR count). The van der Waals surface area contributed by atoms with Gasteiger partial charge in [-0.2, -0.15) is 0 Å². The van der Waals surface area contributed by atoms with E-state index in [4.69, 9.17) is 4.74 Å². The lowest BCUT2D eigenvalue weighted by molar-refractivity contribution is -0.148. The van der Waals surface area contributed by atoms with Gasteiger partial charge in [0.05, 0.1) is 0 Å². The van der Waals surface area contributed by atoms with Crippen LogP contribution in [0.5, 0.6) is 0 Å². The standard InChI is InChI=1S/C30H46N2O5/c1-24(2)9-8-13-29(5,16-22-33)14-11-27(37-28(35)23-25(3)4)30(6,36)15-10-26(34)12-17-32-20-18-31(7)19-21-32/h9-12,14-15,17,22-23,27,36H,8,13,16,18-21H2,1-7H3/b14-11+,15-10+,17-12+/t27-,29-,30-/m1/s1. The van der Waals surface area contributed by atoms with Crippen LogP contribution in [0.2, 0.25) is 0 Å². The second-order valence-corrected chi connectivity index (χ2v) is 10.9. The van der Waals surface area contributed by atoms with E-state index in [1.54, 1.807) is 26.1 Å². The fraction of sp³-hybridized carbons (Fsp3) is 0.567. The molecule has 0 unspecified atom stereocenters. The summed E-state index contributed by atoms with van der Waals surface area (Å²) in [4.78, 5) is 40.6. The zero-order valence-electron chi connectivity index (χ0n) is 23.7. The molecular weight excluding hydrogens is 468 g/mol. The number of piperazine rings is 1. The zero-order valence-corrected chi connectivity index (χ0v) is 23.7. The number of aldehydes is 1. The average molecular weight is 515 g/mol. The highest BCUT2D eigenvalue weighted by Crippen LogP contribution is 2.30. The van der Waals surface area contributed by atoms with E-state index in [-0.39, 0.29) is 5.78 Å². The fourth-order valence-corrected chi connectivity index (χ4v) is 3.75. The monoisotopic (exact) mass is 514 g/mol. The highest BCUT2D eigenvalue weighted by molar-refractivity contribution is 5.99. The number of nitrogens with zero attached hydrogens (tertiary/aromatic N) is 2. The van der Waals surface area contributed by atoms with Crippen LogP contribution in [0.3, 0.4) is 0 Å². The van der Waals surface area contributed by atoms with Crippen LogP contribution in [-0.2, 0) is 19.1 Å². The van der Waals surface area contributed by atoms with Crippen LogP contribution in [0.15, 0.2) is 59.9 Å². The molecule has 3 atom stereocenters. The normalized spacial score (nSPS) is 18.9. The summed E-state index contributed by atoms with van der Waals surface area (Å²) in [6.07, 6.45) is 14.4.